The van der Waals surface area contributed by atoms with Gasteiger partial charge in [-0.1, -0.05) is 12.8 Å². The van der Waals surface area contributed by atoms with Gasteiger partial charge in [-0.25, -0.2) is 4.39 Å². The zero-order valence-corrected chi connectivity index (χ0v) is 10.8. The van der Waals surface area contributed by atoms with Gasteiger partial charge in [0.15, 0.2) is 0 Å². The summed E-state index contributed by atoms with van der Waals surface area (Å²) in [6.45, 7) is -0.0181. The van der Waals surface area contributed by atoms with Crippen molar-refractivity contribution in [3.05, 3.63) is 30.1 Å². The molecule has 0 aliphatic heterocycles. The SMILES string of the molecule is NC1CCCCC1OCC(=O)Nc1ccc(F)cc1. The highest BCUT2D eigenvalue weighted by Crippen LogP contribution is 2.19. The summed E-state index contributed by atoms with van der Waals surface area (Å²) in [7, 11) is 0. The molecule has 1 amide bonds. The van der Waals surface area contributed by atoms with Crippen LogP contribution in [0.5, 0.6) is 0 Å². The minimum Gasteiger partial charge on any atom is -0.367 e. The monoisotopic (exact) mass is 266 g/mol. The van der Waals surface area contributed by atoms with Crippen LogP contribution in [0, 0.1) is 5.82 Å². The van der Waals surface area contributed by atoms with E-state index in [4.69, 9.17) is 10.5 Å². The van der Waals surface area contributed by atoms with Gasteiger partial charge in [-0.15, -0.1) is 0 Å². The molecule has 1 aromatic carbocycles. The molecule has 0 saturated heterocycles. The van der Waals surface area contributed by atoms with Gasteiger partial charge in [-0.05, 0) is 37.1 Å². The van der Waals surface area contributed by atoms with Crippen molar-refractivity contribution in [3.63, 3.8) is 0 Å². The maximum absolute atomic E-state index is 12.7. The zero-order valence-electron chi connectivity index (χ0n) is 10.8. The molecule has 104 valence electrons. The van der Waals surface area contributed by atoms with Gasteiger partial charge in [0.05, 0.1) is 6.10 Å². The first-order chi connectivity index (χ1) is 9.15. The summed E-state index contributed by atoms with van der Waals surface area (Å²) in [5.41, 5.74) is 6.49. The van der Waals surface area contributed by atoms with E-state index >= 15 is 0 Å². The maximum atomic E-state index is 12.7. The fourth-order valence-corrected chi connectivity index (χ4v) is 2.25. The normalized spacial score (nSPS) is 23.1. The number of ether oxygens (including phenoxy) is 1. The second-order valence-electron chi connectivity index (χ2n) is 4.85. The van der Waals surface area contributed by atoms with Crippen molar-refractivity contribution < 1.29 is 13.9 Å². The Hall–Kier alpha value is -1.46. The van der Waals surface area contributed by atoms with Crippen LogP contribution in [0.1, 0.15) is 25.7 Å². The van der Waals surface area contributed by atoms with Crippen molar-refractivity contribution in [1.29, 1.82) is 0 Å². The van der Waals surface area contributed by atoms with Crippen LogP contribution in [-0.2, 0) is 9.53 Å². The van der Waals surface area contributed by atoms with E-state index in [0.29, 0.717) is 5.69 Å². The lowest BCUT2D eigenvalue weighted by Crippen LogP contribution is -2.40. The second-order valence-corrected chi connectivity index (χ2v) is 4.85. The third-order valence-corrected chi connectivity index (χ3v) is 3.31. The lowest BCUT2D eigenvalue weighted by molar-refractivity contribution is -0.123. The van der Waals surface area contributed by atoms with Gasteiger partial charge >= 0.3 is 0 Å². The van der Waals surface area contributed by atoms with Gasteiger partial charge in [0.25, 0.3) is 0 Å². The van der Waals surface area contributed by atoms with E-state index in [0.717, 1.165) is 25.7 Å². The van der Waals surface area contributed by atoms with Crippen LogP contribution in [0.3, 0.4) is 0 Å². The number of hydrogen-bond acceptors (Lipinski definition) is 3. The van der Waals surface area contributed by atoms with Gasteiger partial charge in [-0.3, -0.25) is 4.79 Å². The number of hydrogen-bond donors (Lipinski definition) is 2. The number of nitrogens with two attached hydrogens (primary N) is 1. The fourth-order valence-electron chi connectivity index (χ4n) is 2.25. The average molecular weight is 266 g/mol. The third kappa shape index (κ3) is 4.29. The number of halogens is 1. The number of nitrogens with one attached hydrogen (secondary N) is 1. The molecule has 1 aromatic rings. The van der Waals surface area contributed by atoms with Crippen LogP contribution in [0.4, 0.5) is 10.1 Å². The first-order valence-electron chi connectivity index (χ1n) is 6.58. The number of benzene rings is 1. The molecule has 2 rings (SSSR count). The fraction of sp³-hybridized carbons (Fsp3) is 0.500. The number of amides is 1. The van der Waals surface area contributed by atoms with Crippen molar-refractivity contribution in [2.75, 3.05) is 11.9 Å². The molecule has 0 spiro atoms. The van der Waals surface area contributed by atoms with Crippen molar-refractivity contribution in [3.8, 4) is 0 Å². The molecule has 4 nitrogen and oxygen atoms in total. The summed E-state index contributed by atoms with van der Waals surface area (Å²) in [4.78, 5) is 11.7. The Morgan fingerprint density at radius 3 is 2.68 bits per heavy atom. The molecule has 1 aliphatic rings. The van der Waals surface area contributed by atoms with Gasteiger partial charge in [0.2, 0.25) is 5.91 Å². The minimum atomic E-state index is -0.331. The predicted octanol–water partition coefficient (Wildman–Crippen LogP) is 2.05. The minimum absolute atomic E-state index is 0.0181. The van der Waals surface area contributed by atoms with Crippen molar-refractivity contribution >= 4 is 11.6 Å². The Morgan fingerprint density at radius 1 is 1.32 bits per heavy atom. The first kappa shape index (κ1) is 14.0. The lowest BCUT2D eigenvalue weighted by atomic mass is 9.93. The second kappa shape index (κ2) is 6.63. The Kier molecular flexibility index (Phi) is 4.87. The van der Waals surface area contributed by atoms with Crippen LogP contribution in [0.15, 0.2) is 24.3 Å². The van der Waals surface area contributed by atoms with Gasteiger partial charge < -0.3 is 15.8 Å². The molecule has 2 atom stereocenters. The quantitative estimate of drug-likeness (QED) is 0.876. The zero-order chi connectivity index (χ0) is 13.7. The predicted molar refractivity (Wildman–Crippen MR) is 71.2 cm³/mol. The molecule has 0 heterocycles. The van der Waals surface area contributed by atoms with Gasteiger partial charge in [0.1, 0.15) is 12.4 Å². The van der Waals surface area contributed by atoms with Crippen LogP contribution in [-0.4, -0.2) is 24.7 Å². The Balaban J connectivity index is 1.76. The molecule has 19 heavy (non-hydrogen) atoms. The first-order valence-corrected chi connectivity index (χ1v) is 6.58. The summed E-state index contributed by atoms with van der Waals surface area (Å²) in [6.07, 6.45) is 4.04. The number of anilines is 1. The number of carbonyl (C=O) groups is 1. The largest absolute Gasteiger partial charge is 0.367 e. The molecule has 0 radical (unpaired) electrons. The molecule has 0 aromatic heterocycles. The average Bonchev–Trinajstić information content (AvgIpc) is 2.40. The summed E-state index contributed by atoms with van der Waals surface area (Å²) < 4.78 is 18.2. The summed E-state index contributed by atoms with van der Waals surface area (Å²) in [6, 6.07) is 5.65. The van der Waals surface area contributed by atoms with Crippen LogP contribution in [0.2, 0.25) is 0 Å². The molecule has 1 fully saturated rings. The third-order valence-electron chi connectivity index (χ3n) is 3.31. The Morgan fingerprint density at radius 2 is 2.00 bits per heavy atom. The highest BCUT2D eigenvalue weighted by atomic mass is 19.1. The molecule has 0 bridgehead atoms. The number of rotatable bonds is 4. The highest BCUT2D eigenvalue weighted by Gasteiger charge is 2.22. The van der Waals surface area contributed by atoms with Crippen LogP contribution >= 0.6 is 0 Å². The molecule has 1 saturated carbocycles. The standard InChI is InChI=1S/C14H19FN2O2/c15-10-5-7-11(8-6-10)17-14(18)9-19-13-4-2-1-3-12(13)16/h5-8,12-13H,1-4,9,16H2,(H,17,18). The van der Waals surface area contributed by atoms with E-state index in [-0.39, 0.29) is 30.5 Å². The van der Waals surface area contributed by atoms with Gasteiger partial charge in [-0.2, -0.15) is 0 Å². The highest BCUT2D eigenvalue weighted by molar-refractivity contribution is 5.91. The molecule has 5 heteroatoms. The summed E-state index contributed by atoms with van der Waals surface area (Å²) in [5, 5.41) is 2.65. The van der Waals surface area contributed by atoms with E-state index in [9.17, 15) is 9.18 Å². The topological polar surface area (TPSA) is 64.3 Å². The van der Waals surface area contributed by atoms with Crippen molar-refractivity contribution in [1.82, 2.24) is 0 Å². The van der Waals surface area contributed by atoms with E-state index < -0.39 is 0 Å². The van der Waals surface area contributed by atoms with Crippen LogP contribution in [0.25, 0.3) is 0 Å². The Bertz CT molecular complexity index is 422. The van der Waals surface area contributed by atoms with E-state index in [1.807, 2.05) is 0 Å². The smallest absolute Gasteiger partial charge is 0.250 e. The lowest BCUT2D eigenvalue weighted by Gasteiger charge is -2.28. The van der Waals surface area contributed by atoms with E-state index in [1.54, 1.807) is 0 Å². The van der Waals surface area contributed by atoms with E-state index in [1.165, 1.54) is 24.3 Å². The molecular weight excluding hydrogens is 247 g/mol. The molecule has 2 unspecified atom stereocenters. The number of carbonyl (C=O) groups excluding carboxylic acids is 1. The van der Waals surface area contributed by atoms with Crippen molar-refractivity contribution in [2.45, 2.75) is 37.8 Å². The molecule has 3 N–H and O–H groups in total. The molecular formula is C14H19FN2O2. The summed E-state index contributed by atoms with van der Waals surface area (Å²) >= 11 is 0. The maximum Gasteiger partial charge on any atom is 0.250 e. The molecule has 1 aliphatic carbocycles. The van der Waals surface area contributed by atoms with Crippen LogP contribution < -0.4 is 11.1 Å². The van der Waals surface area contributed by atoms with Gasteiger partial charge in [0, 0.05) is 11.7 Å². The van der Waals surface area contributed by atoms with Crippen molar-refractivity contribution in [2.24, 2.45) is 5.73 Å². The Labute approximate surface area is 112 Å². The summed E-state index contributed by atoms with van der Waals surface area (Å²) in [5.74, 6) is -0.577. The van der Waals surface area contributed by atoms with E-state index in [2.05, 4.69) is 5.32 Å².